The zero-order valence-corrected chi connectivity index (χ0v) is 11.6. The van der Waals surface area contributed by atoms with Gasteiger partial charge in [0.1, 0.15) is 5.75 Å². The van der Waals surface area contributed by atoms with Gasteiger partial charge in [-0.25, -0.2) is 4.98 Å². The van der Waals surface area contributed by atoms with Crippen LogP contribution in [0.5, 0.6) is 5.75 Å². The summed E-state index contributed by atoms with van der Waals surface area (Å²) in [5.74, 6) is 1.32. The molecule has 0 radical (unpaired) electrons. The average Bonchev–Trinajstić information content (AvgIpc) is 2.89. The van der Waals surface area contributed by atoms with E-state index in [-0.39, 0.29) is 0 Å². The molecule has 0 fully saturated rings. The molecule has 1 heterocycles. The van der Waals surface area contributed by atoms with Crippen LogP contribution in [0.15, 0.2) is 46.9 Å². The number of hydrogen-bond donors (Lipinski definition) is 1. The van der Waals surface area contributed by atoms with Crippen molar-refractivity contribution in [2.45, 2.75) is 6.54 Å². The van der Waals surface area contributed by atoms with Crippen LogP contribution in [0.1, 0.15) is 5.89 Å². The first-order valence-corrected chi connectivity index (χ1v) is 6.56. The van der Waals surface area contributed by atoms with Gasteiger partial charge in [0.05, 0.1) is 13.7 Å². The molecule has 20 heavy (non-hydrogen) atoms. The Kier molecular flexibility index (Phi) is 3.48. The van der Waals surface area contributed by atoms with Gasteiger partial charge >= 0.3 is 0 Å². The number of rotatable bonds is 4. The number of aromatic nitrogens is 1. The summed E-state index contributed by atoms with van der Waals surface area (Å²) in [5, 5.41) is 3.94. The van der Waals surface area contributed by atoms with Gasteiger partial charge in [-0.2, -0.15) is 0 Å². The molecule has 0 spiro atoms. The second-order valence-corrected chi connectivity index (χ2v) is 4.71. The molecule has 1 aromatic heterocycles. The van der Waals surface area contributed by atoms with Crippen LogP contribution in [0.4, 0.5) is 5.69 Å². The topological polar surface area (TPSA) is 47.3 Å². The standard InChI is InChI=1S/C15H13ClN2O2/c1-19-12-3-2-4-13-15(12)18-14(20-13)9-17-11-7-5-10(16)6-8-11/h2-8,17H,9H2,1H3. The summed E-state index contributed by atoms with van der Waals surface area (Å²) in [7, 11) is 1.62. The third kappa shape index (κ3) is 2.56. The van der Waals surface area contributed by atoms with Gasteiger partial charge in [-0.1, -0.05) is 17.7 Å². The van der Waals surface area contributed by atoms with Crippen LogP contribution in [0.25, 0.3) is 11.1 Å². The second-order valence-electron chi connectivity index (χ2n) is 4.28. The summed E-state index contributed by atoms with van der Waals surface area (Å²) in [6.45, 7) is 0.499. The van der Waals surface area contributed by atoms with Crippen LogP contribution in [0.2, 0.25) is 5.02 Å². The number of nitrogens with one attached hydrogen (secondary N) is 1. The quantitative estimate of drug-likeness (QED) is 0.785. The summed E-state index contributed by atoms with van der Waals surface area (Å²) in [5.41, 5.74) is 2.42. The van der Waals surface area contributed by atoms with E-state index in [4.69, 9.17) is 20.8 Å². The molecule has 0 saturated carbocycles. The van der Waals surface area contributed by atoms with E-state index in [1.165, 1.54) is 0 Å². The molecular weight excluding hydrogens is 276 g/mol. The van der Waals surface area contributed by atoms with Crippen LogP contribution >= 0.6 is 11.6 Å². The van der Waals surface area contributed by atoms with E-state index in [1.54, 1.807) is 7.11 Å². The summed E-state index contributed by atoms with van der Waals surface area (Å²) >= 11 is 5.84. The van der Waals surface area contributed by atoms with Gasteiger partial charge < -0.3 is 14.5 Å². The first-order chi connectivity index (χ1) is 9.76. The highest BCUT2D eigenvalue weighted by atomic mass is 35.5. The maximum Gasteiger partial charge on any atom is 0.214 e. The van der Waals surface area contributed by atoms with Crippen molar-refractivity contribution < 1.29 is 9.15 Å². The number of para-hydroxylation sites is 1. The zero-order chi connectivity index (χ0) is 13.9. The molecule has 0 bridgehead atoms. The molecular formula is C15H13ClN2O2. The Labute approximate surface area is 121 Å². The molecule has 0 atom stereocenters. The molecule has 0 amide bonds. The van der Waals surface area contributed by atoms with Gasteiger partial charge in [0.15, 0.2) is 11.1 Å². The van der Waals surface area contributed by atoms with E-state index >= 15 is 0 Å². The fraction of sp³-hybridized carbons (Fsp3) is 0.133. The molecule has 0 aliphatic heterocycles. The number of benzene rings is 2. The predicted molar refractivity (Wildman–Crippen MR) is 79.3 cm³/mol. The van der Waals surface area contributed by atoms with Crippen molar-refractivity contribution >= 4 is 28.4 Å². The first kappa shape index (κ1) is 12.8. The minimum atomic E-state index is 0.499. The van der Waals surface area contributed by atoms with E-state index in [2.05, 4.69) is 10.3 Å². The van der Waals surface area contributed by atoms with Crippen LogP contribution in [-0.4, -0.2) is 12.1 Å². The van der Waals surface area contributed by atoms with Crippen LogP contribution in [-0.2, 0) is 6.54 Å². The SMILES string of the molecule is COc1cccc2oc(CNc3ccc(Cl)cc3)nc12. The van der Waals surface area contributed by atoms with Crippen molar-refractivity contribution in [3.05, 3.63) is 53.4 Å². The molecule has 2 aromatic carbocycles. The van der Waals surface area contributed by atoms with Gasteiger partial charge in [-0.05, 0) is 36.4 Å². The monoisotopic (exact) mass is 288 g/mol. The van der Waals surface area contributed by atoms with Crippen LogP contribution in [0.3, 0.4) is 0 Å². The summed E-state index contributed by atoms with van der Waals surface area (Å²) < 4.78 is 10.9. The van der Waals surface area contributed by atoms with E-state index in [0.29, 0.717) is 23.2 Å². The predicted octanol–water partition coefficient (Wildman–Crippen LogP) is 4.10. The summed E-state index contributed by atoms with van der Waals surface area (Å²) in [4.78, 5) is 4.44. The Bertz CT molecular complexity index is 722. The Balaban J connectivity index is 1.79. The Morgan fingerprint density at radius 1 is 1.20 bits per heavy atom. The maximum atomic E-state index is 5.84. The number of methoxy groups -OCH3 is 1. The minimum absolute atomic E-state index is 0.499. The number of anilines is 1. The molecule has 0 aliphatic carbocycles. The lowest BCUT2D eigenvalue weighted by Crippen LogP contribution is -1.99. The highest BCUT2D eigenvalue weighted by molar-refractivity contribution is 6.30. The van der Waals surface area contributed by atoms with Crippen LogP contribution in [0, 0.1) is 0 Å². The average molecular weight is 289 g/mol. The summed E-state index contributed by atoms with van der Waals surface area (Å²) in [6, 6.07) is 13.1. The molecule has 0 aliphatic rings. The molecule has 1 N–H and O–H groups in total. The van der Waals surface area contributed by atoms with E-state index in [0.717, 1.165) is 16.8 Å². The van der Waals surface area contributed by atoms with Gasteiger partial charge in [0.25, 0.3) is 0 Å². The summed E-state index contributed by atoms with van der Waals surface area (Å²) in [6.07, 6.45) is 0. The molecule has 3 rings (SSSR count). The van der Waals surface area contributed by atoms with E-state index in [9.17, 15) is 0 Å². The van der Waals surface area contributed by atoms with Crippen molar-refractivity contribution in [3.63, 3.8) is 0 Å². The Morgan fingerprint density at radius 3 is 2.75 bits per heavy atom. The number of ether oxygens (including phenoxy) is 1. The smallest absolute Gasteiger partial charge is 0.214 e. The van der Waals surface area contributed by atoms with Gasteiger partial charge in [0, 0.05) is 10.7 Å². The third-order valence-electron chi connectivity index (χ3n) is 2.93. The van der Waals surface area contributed by atoms with E-state index < -0.39 is 0 Å². The highest BCUT2D eigenvalue weighted by Gasteiger charge is 2.09. The molecule has 5 heteroatoms. The van der Waals surface area contributed by atoms with E-state index in [1.807, 2.05) is 42.5 Å². The van der Waals surface area contributed by atoms with Gasteiger partial charge in [0.2, 0.25) is 5.89 Å². The minimum Gasteiger partial charge on any atom is -0.494 e. The molecule has 102 valence electrons. The van der Waals surface area contributed by atoms with Crippen molar-refractivity contribution in [1.82, 2.24) is 4.98 Å². The van der Waals surface area contributed by atoms with Crippen molar-refractivity contribution in [1.29, 1.82) is 0 Å². The fourth-order valence-corrected chi connectivity index (χ4v) is 2.08. The Hall–Kier alpha value is -2.20. The maximum absolute atomic E-state index is 5.84. The number of hydrogen-bond acceptors (Lipinski definition) is 4. The van der Waals surface area contributed by atoms with Crippen molar-refractivity contribution in [3.8, 4) is 5.75 Å². The van der Waals surface area contributed by atoms with Gasteiger partial charge in [-0.15, -0.1) is 0 Å². The lowest BCUT2D eigenvalue weighted by molar-refractivity contribution is 0.419. The van der Waals surface area contributed by atoms with Gasteiger partial charge in [-0.3, -0.25) is 0 Å². The number of oxazole rings is 1. The lowest BCUT2D eigenvalue weighted by atomic mass is 10.3. The number of halogens is 1. The molecule has 4 nitrogen and oxygen atoms in total. The molecule has 3 aromatic rings. The number of fused-ring (bicyclic) bond motifs is 1. The third-order valence-corrected chi connectivity index (χ3v) is 3.19. The van der Waals surface area contributed by atoms with Crippen LogP contribution < -0.4 is 10.1 Å². The fourth-order valence-electron chi connectivity index (χ4n) is 1.95. The second kappa shape index (κ2) is 5.43. The van der Waals surface area contributed by atoms with Crippen molar-refractivity contribution in [2.24, 2.45) is 0 Å². The highest BCUT2D eigenvalue weighted by Crippen LogP contribution is 2.25. The van der Waals surface area contributed by atoms with Crippen molar-refractivity contribution in [2.75, 3.05) is 12.4 Å². The molecule has 0 unspecified atom stereocenters. The number of nitrogens with zero attached hydrogens (tertiary/aromatic N) is 1. The first-order valence-electron chi connectivity index (χ1n) is 6.18. The zero-order valence-electron chi connectivity index (χ0n) is 10.9. The molecule has 0 saturated heterocycles. The Morgan fingerprint density at radius 2 is 2.00 bits per heavy atom. The normalized spacial score (nSPS) is 10.7. The lowest BCUT2D eigenvalue weighted by Gasteiger charge is -2.02. The largest absolute Gasteiger partial charge is 0.494 e.